The van der Waals surface area contributed by atoms with Crippen LogP contribution in [0.3, 0.4) is 0 Å². The average molecular weight is 1040 g/mol. The molecule has 0 amide bonds. The third-order valence-corrected chi connectivity index (χ3v) is 15.5. The molecule has 0 radical (unpaired) electrons. The van der Waals surface area contributed by atoms with E-state index in [1.54, 1.807) is 0 Å². The zero-order chi connectivity index (χ0) is 60.3. The highest BCUT2D eigenvalue weighted by Gasteiger charge is 2.28. The third-order valence-electron chi connectivity index (χ3n) is 15.5. The van der Waals surface area contributed by atoms with Crippen LogP contribution >= 0.6 is 0 Å². The Balaban J connectivity index is 1.18. The molecule has 398 valence electrons. The molecule has 0 atom stereocenters. The Kier molecular flexibility index (Phi) is 11.6. The summed E-state index contributed by atoms with van der Waals surface area (Å²) >= 11 is 0. The lowest BCUT2D eigenvalue weighted by atomic mass is 9.77. The molecule has 0 aliphatic rings. The van der Waals surface area contributed by atoms with E-state index >= 15 is 0 Å². The van der Waals surface area contributed by atoms with Crippen molar-refractivity contribution in [2.75, 3.05) is 0 Å². The van der Waals surface area contributed by atoms with Crippen LogP contribution in [0.1, 0.15) is 139 Å². The highest BCUT2D eigenvalue weighted by molar-refractivity contribution is 6.09. The highest BCUT2D eigenvalue weighted by Crippen LogP contribution is 2.44. The Morgan fingerprint density at radius 3 is 1.72 bits per heavy atom. The molecule has 0 spiro atoms. The predicted octanol–water partition coefficient (Wildman–Crippen LogP) is 19.5. The molecule has 0 fully saturated rings. The molecule has 0 aliphatic carbocycles. The number of hydrogen-bond acceptors (Lipinski definition) is 2. The Bertz CT molecular complexity index is 4370. The van der Waals surface area contributed by atoms with Gasteiger partial charge in [-0.15, -0.1) is 0 Å². The molecule has 0 unspecified atom stereocenters. The largest absolute Gasteiger partial charge is 0.458 e. The summed E-state index contributed by atoms with van der Waals surface area (Å²) in [6.07, 6.45) is 5.81. The van der Waals surface area contributed by atoms with E-state index in [9.17, 15) is 0 Å². The van der Waals surface area contributed by atoms with E-state index in [2.05, 4.69) is 222 Å². The van der Waals surface area contributed by atoms with Crippen molar-refractivity contribution in [3.05, 3.63) is 222 Å². The van der Waals surface area contributed by atoms with Crippen LogP contribution in [0.15, 0.2) is 188 Å². The van der Waals surface area contributed by atoms with Gasteiger partial charge in [-0.1, -0.05) is 225 Å². The van der Waals surface area contributed by atoms with E-state index in [4.69, 9.17) is 16.6 Å². The van der Waals surface area contributed by atoms with Gasteiger partial charge >= 0.3 is 0 Å². The van der Waals surface area contributed by atoms with Gasteiger partial charge in [-0.3, -0.25) is 13.7 Å². The maximum Gasteiger partial charge on any atom is 0.269 e. The number of hydrogen-bond donors (Lipinski definition) is 0. The quantitative estimate of drug-likeness (QED) is 0.112. The summed E-state index contributed by atoms with van der Waals surface area (Å²) in [5.41, 5.74) is 15.3. The number of aromatic nitrogens is 4. The fraction of sp³-hybridized carbons (Fsp3) is 0.270. The van der Waals surface area contributed by atoms with Crippen molar-refractivity contribution < 1.29 is 16.2 Å². The van der Waals surface area contributed by atoms with E-state index in [0.717, 1.165) is 66.8 Å². The molecule has 0 N–H and O–H groups in total. The van der Waals surface area contributed by atoms with Gasteiger partial charge in [0.15, 0.2) is 0 Å². The number of rotatable bonds is 8. The fourth-order valence-corrected chi connectivity index (χ4v) is 10.7. The first-order valence-corrected chi connectivity index (χ1v) is 27.7. The van der Waals surface area contributed by atoms with Crippen molar-refractivity contribution in [2.24, 2.45) is 0 Å². The fourth-order valence-electron chi connectivity index (χ4n) is 10.7. The Morgan fingerprint density at radius 2 is 1.04 bits per heavy atom. The molecule has 5 heteroatoms. The summed E-state index contributed by atoms with van der Waals surface area (Å²) in [5.74, 6) is 2.07. The highest BCUT2D eigenvalue weighted by atomic mass is 16.5. The van der Waals surface area contributed by atoms with Crippen LogP contribution < -0.4 is 9.30 Å². The van der Waals surface area contributed by atoms with Crippen LogP contribution in [0.5, 0.6) is 11.5 Å². The molecule has 11 aromatic rings. The number of para-hydroxylation sites is 1. The number of pyridine rings is 1. The van der Waals surface area contributed by atoms with Gasteiger partial charge in [-0.2, -0.15) is 0 Å². The van der Waals surface area contributed by atoms with Gasteiger partial charge in [0.1, 0.15) is 17.3 Å². The maximum atomic E-state index is 9.14. The van der Waals surface area contributed by atoms with Crippen molar-refractivity contribution in [2.45, 2.75) is 131 Å². The van der Waals surface area contributed by atoms with Gasteiger partial charge in [0.25, 0.3) is 6.33 Å². The zero-order valence-corrected chi connectivity index (χ0v) is 48.7. The van der Waals surface area contributed by atoms with E-state index in [-0.39, 0.29) is 56.8 Å². The molecule has 3 aromatic heterocycles. The normalized spacial score (nSPS) is 13.6. The minimum atomic E-state index is -0.437. The molecule has 0 aliphatic heterocycles. The van der Waals surface area contributed by atoms with Gasteiger partial charge in [-0.05, 0) is 143 Å². The Labute approximate surface area is 476 Å². The summed E-state index contributed by atoms with van der Waals surface area (Å²) < 4.78 is 57.5. The molecule has 0 saturated heterocycles. The van der Waals surface area contributed by atoms with Crippen LogP contribution in [-0.4, -0.2) is 14.1 Å². The number of benzene rings is 8. The summed E-state index contributed by atoms with van der Waals surface area (Å²) in [6, 6.07) is 51.6. The Hall–Kier alpha value is -8.02. The first kappa shape index (κ1) is 47.0. The molecule has 11 rings (SSSR count). The lowest BCUT2D eigenvalue weighted by molar-refractivity contribution is -0.571. The predicted molar refractivity (Wildman–Crippen MR) is 332 cm³/mol. The second-order valence-electron chi connectivity index (χ2n) is 26.6. The van der Waals surface area contributed by atoms with Crippen molar-refractivity contribution in [3.8, 4) is 62.1 Å². The summed E-state index contributed by atoms with van der Waals surface area (Å²) in [4.78, 5) is 4.92. The van der Waals surface area contributed by atoms with Gasteiger partial charge in [0, 0.05) is 23.0 Å². The van der Waals surface area contributed by atoms with Crippen molar-refractivity contribution in [3.63, 3.8) is 0 Å². The Morgan fingerprint density at radius 1 is 0.443 bits per heavy atom. The standard InChI is InChI=1S/C74H76N4O/c1-70(2,3)52-26-21-25-50(37-52)62-42-56(74(13,14)15)43-63(51-38-54(72(7,8)9)41-55(39-51)73(10,11)12)69(62)77-47-76(67-40-49(31-34-65(67)77)48-23-17-16-18-24-48)57-27-22-28-58(45-57)79-59-32-33-61-60-29-19-20-30-64(60)78(66(61)46-59)68-44-53(35-36-75-68)71(4,5)6/h16-46H,1-15H3/i16D,17D,18D,23D,24D. The van der Waals surface area contributed by atoms with Crippen molar-refractivity contribution >= 4 is 32.8 Å². The molecular weight excluding hydrogens is 961 g/mol. The second kappa shape index (κ2) is 19.4. The van der Waals surface area contributed by atoms with Gasteiger partial charge in [0.2, 0.25) is 0 Å². The lowest BCUT2D eigenvalue weighted by Crippen LogP contribution is -2.32. The summed E-state index contributed by atoms with van der Waals surface area (Å²) in [7, 11) is 0. The SMILES string of the molecule is [2H]c1c([2H])c([2H])c(-c2ccc3c(c2)n(-c2cccc(Oc4ccc5c6ccccc6n(-c6cc(C(C)(C)C)ccn6)c5c4)c2)[c-][n+]3-c2c(-c3cccc(C(C)(C)C)c3)cc(C(C)(C)C)cc2-c2cc(C(C)(C)C)cc(C(C)(C)C)c2)c([2H])c1[2H]. The monoisotopic (exact) mass is 1040 g/mol. The number of ether oxygens (including phenoxy) is 1. The molecule has 5 nitrogen and oxygen atoms in total. The van der Waals surface area contributed by atoms with Crippen LogP contribution in [-0.2, 0) is 27.1 Å². The second-order valence-corrected chi connectivity index (χ2v) is 26.6. The topological polar surface area (TPSA) is 35.9 Å². The van der Waals surface area contributed by atoms with Crippen molar-refractivity contribution in [1.82, 2.24) is 14.1 Å². The lowest BCUT2D eigenvalue weighted by Gasteiger charge is -2.29. The molecule has 0 bridgehead atoms. The van der Waals surface area contributed by atoms with Crippen molar-refractivity contribution in [1.29, 1.82) is 0 Å². The van der Waals surface area contributed by atoms with Crippen LogP contribution in [0.4, 0.5) is 0 Å². The minimum Gasteiger partial charge on any atom is -0.458 e. The molecular formula is C74H76N4O. The van der Waals surface area contributed by atoms with Crippen LogP contribution in [0.2, 0.25) is 0 Å². The smallest absolute Gasteiger partial charge is 0.269 e. The van der Waals surface area contributed by atoms with Gasteiger partial charge in [-0.25, -0.2) is 4.98 Å². The molecule has 8 aromatic carbocycles. The molecule has 3 heterocycles. The number of imidazole rings is 1. The molecule has 79 heavy (non-hydrogen) atoms. The first-order valence-electron chi connectivity index (χ1n) is 30.2. The van der Waals surface area contributed by atoms with Gasteiger partial charge in [0.05, 0.1) is 40.3 Å². The van der Waals surface area contributed by atoms with E-state index < -0.39 is 6.04 Å². The maximum absolute atomic E-state index is 9.14. The van der Waals surface area contributed by atoms with E-state index in [1.165, 1.54) is 27.8 Å². The van der Waals surface area contributed by atoms with Gasteiger partial charge < -0.3 is 4.74 Å². The van der Waals surface area contributed by atoms with Crippen LogP contribution in [0, 0.1) is 6.33 Å². The summed E-state index contributed by atoms with van der Waals surface area (Å²) in [5, 5.41) is 2.20. The number of fused-ring (bicyclic) bond motifs is 4. The van der Waals surface area contributed by atoms with E-state index in [1.807, 2.05) is 59.3 Å². The summed E-state index contributed by atoms with van der Waals surface area (Å²) in [6.45, 7) is 33.9. The van der Waals surface area contributed by atoms with Crippen LogP contribution in [0.25, 0.3) is 83.4 Å². The number of nitrogens with zero attached hydrogens (tertiary/aromatic N) is 4. The first-order chi connectivity index (χ1) is 39.4. The third kappa shape index (κ3) is 10.3. The van der Waals surface area contributed by atoms with E-state index in [0.29, 0.717) is 22.6 Å². The average Bonchev–Trinajstić information content (AvgIpc) is 1.54. The minimum absolute atomic E-state index is 0.0767. The zero-order valence-electron chi connectivity index (χ0n) is 53.7. The molecule has 0 saturated carbocycles.